The predicted molar refractivity (Wildman–Crippen MR) is 94.5 cm³/mol. The molecule has 1 aliphatic heterocycles. The Morgan fingerprint density at radius 2 is 1.44 bits per heavy atom. The lowest BCUT2D eigenvalue weighted by Crippen LogP contribution is -2.48. The standard InChI is InChI=1S/C19H20N2O4/c1-25-17-8-6-16(7-9-17)20-10-12-21(13-11-20)18(22)14-2-4-15(5-3-14)19(23)24/h2-9H,10-13H2,1H3,(H,23,24). The van der Waals surface area contributed by atoms with Gasteiger partial charge < -0.3 is 19.6 Å². The van der Waals surface area contributed by atoms with E-state index in [4.69, 9.17) is 9.84 Å². The molecule has 0 saturated carbocycles. The highest BCUT2D eigenvalue weighted by Crippen LogP contribution is 2.21. The lowest BCUT2D eigenvalue weighted by Gasteiger charge is -2.36. The van der Waals surface area contributed by atoms with E-state index < -0.39 is 5.97 Å². The first kappa shape index (κ1) is 16.8. The lowest BCUT2D eigenvalue weighted by molar-refractivity contribution is 0.0693. The van der Waals surface area contributed by atoms with Crippen LogP contribution in [-0.2, 0) is 0 Å². The normalized spacial score (nSPS) is 14.3. The van der Waals surface area contributed by atoms with Crippen LogP contribution in [0, 0.1) is 0 Å². The summed E-state index contributed by atoms with van der Waals surface area (Å²) >= 11 is 0. The summed E-state index contributed by atoms with van der Waals surface area (Å²) < 4.78 is 5.17. The SMILES string of the molecule is COc1ccc(N2CCN(C(=O)c3ccc(C(=O)O)cc3)CC2)cc1. The maximum Gasteiger partial charge on any atom is 0.335 e. The van der Waals surface area contributed by atoms with Crippen LogP contribution in [0.4, 0.5) is 5.69 Å². The number of benzene rings is 2. The van der Waals surface area contributed by atoms with Gasteiger partial charge in [-0.1, -0.05) is 0 Å². The van der Waals surface area contributed by atoms with Gasteiger partial charge in [0.15, 0.2) is 0 Å². The summed E-state index contributed by atoms with van der Waals surface area (Å²) in [6, 6.07) is 13.9. The Labute approximate surface area is 146 Å². The summed E-state index contributed by atoms with van der Waals surface area (Å²) in [4.78, 5) is 27.5. The second-order valence-electron chi connectivity index (χ2n) is 5.86. The van der Waals surface area contributed by atoms with Crippen molar-refractivity contribution in [3.8, 4) is 5.75 Å². The van der Waals surface area contributed by atoms with Gasteiger partial charge in [0.25, 0.3) is 5.91 Å². The molecule has 130 valence electrons. The average Bonchev–Trinajstić information content (AvgIpc) is 2.67. The highest BCUT2D eigenvalue weighted by atomic mass is 16.5. The second-order valence-corrected chi connectivity index (χ2v) is 5.86. The van der Waals surface area contributed by atoms with Gasteiger partial charge in [-0.2, -0.15) is 0 Å². The number of hydrogen-bond acceptors (Lipinski definition) is 4. The molecule has 0 bridgehead atoms. The maximum atomic E-state index is 12.6. The van der Waals surface area contributed by atoms with Crippen LogP contribution in [0.2, 0.25) is 0 Å². The number of carboxylic acids is 1. The fraction of sp³-hybridized carbons (Fsp3) is 0.263. The first-order valence-electron chi connectivity index (χ1n) is 8.10. The quantitative estimate of drug-likeness (QED) is 0.925. The number of ether oxygens (including phenoxy) is 1. The number of hydrogen-bond donors (Lipinski definition) is 1. The molecule has 1 amide bonds. The highest BCUT2D eigenvalue weighted by Gasteiger charge is 2.22. The number of nitrogens with zero attached hydrogens (tertiary/aromatic N) is 2. The molecule has 1 heterocycles. The van der Waals surface area contributed by atoms with E-state index in [9.17, 15) is 9.59 Å². The van der Waals surface area contributed by atoms with E-state index in [-0.39, 0.29) is 11.5 Å². The Morgan fingerprint density at radius 3 is 1.96 bits per heavy atom. The van der Waals surface area contributed by atoms with Crippen LogP contribution in [0.25, 0.3) is 0 Å². The Kier molecular flexibility index (Phi) is 4.88. The van der Waals surface area contributed by atoms with E-state index in [2.05, 4.69) is 4.90 Å². The maximum absolute atomic E-state index is 12.6. The van der Waals surface area contributed by atoms with Crippen LogP contribution in [0.5, 0.6) is 5.75 Å². The lowest BCUT2D eigenvalue weighted by atomic mass is 10.1. The minimum Gasteiger partial charge on any atom is -0.497 e. The molecule has 1 N–H and O–H groups in total. The number of anilines is 1. The Balaban J connectivity index is 1.61. The van der Waals surface area contributed by atoms with Gasteiger partial charge in [0, 0.05) is 37.4 Å². The van der Waals surface area contributed by atoms with Crippen molar-refractivity contribution in [3.05, 3.63) is 59.7 Å². The summed E-state index contributed by atoms with van der Waals surface area (Å²) in [7, 11) is 1.64. The van der Waals surface area contributed by atoms with Crippen LogP contribution in [0.3, 0.4) is 0 Å². The number of amides is 1. The minimum absolute atomic E-state index is 0.0636. The average molecular weight is 340 g/mol. The Hall–Kier alpha value is -3.02. The molecule has 3 rings (SSSR count). The molecule has 0 spiro atoms. The van der Waals surface area contributed by atoms with E-state index in [0.717, 1.165) is 24.5 Å². The molecule has 0 atom stereocenters. The predicted octanol–water partition coefficient (Wildman–Crippen LogP) is 2.36. The van der Waals surface area contributed by atoms with Crippen LogP contribution >= 0.6 is 0 Å². The number of carbonyl (C=O) groups excluding carboxylic acids is 1. The van der Waals surface area contributed by atoms with Crippen molar-refractivity contribution >= 4 is 17.6 Å². The Morgan fingerprint density at radius 1 is 0.880 bits per heavy atom. The van der Waals surface area contributed by atoms with Crippen molar-refractivity contribution in [3.63, 3.8) is 0 Å². The summed E-state index contributed by atoms with van der Waals surface area (Å²) in [5.74, 6) is -0.235. The van der Waals surface area contributed by atoms with Gasteiger partial charge in [0.1, 0.15) is 5.75 Å². The smallest absolute Gasteiger partial charge is 0.335 e. The molecular formula is C19H20N2O4. The molecule has 2 aromatic rings. The first-order valence-corrected chi connectivity index (χ1v) is 8.10. The molecular weight excluding hydrogens is 320 g/mol. The van der Waals surface area contributed by atoms with Gasteiger partial charge in [0.2, 0.25) is 0 Å². The number of piperazine rings is 1. The summed E-state index contributed by atoms with van der Waals surface area (Å²) in [5.41, 5.74) is 1.81. The zero-order valence-electron chi connectivity index (χ0n) is 14.0. The van der Waals surface area contributed by atoms with E-state index >= 15 is 0 Å². The van der Waals surface area contributed by atoms with Crippen LogP contribution in [0.1, 0.15) is 20.7 Å². The highest BCUT2D eigenvalue weighted by molar-refractivity contribution is 5.96. The second kappa shape index (κ2) is 7.25. The minimum atomic E-state index is -0.993. The molecule has 2 aromatic carbocycles. The fourth-order valence-corrected chi connectivity index (χ4v) is 2.90. The molecule has 0 aromatic heterocycles. The van der Waals surface area contributed by atoms with Gasteiger partial charge in [-0.05, 0) is 48.5 Å². The molecule has 1 fully saturated rings. The number of rotatable bonds is 4. The van der Waals surface area contributed by atoms with Gasteiger partial charge in [-0.25, -0.2) is 4.79 Å². The summed E-state index contributed by atoms with van der Waals surface area (Å²) in [6.07, 6.45) is 0. The van der Waals surface area contributed by atoms with E-state index in [1.165, 1.54) is 12.1 Å². The first-order chi connectivity index (χ1) is 12.1. The van der Waals surface area contributed by atoms with Gasteiger partial charge in [0.05, 0.1) is 12.7 Å². The zero-order valence-corrected chi connectivity index (χ0v) is 14.0. The van der Waals surface area contributed by atoms with Crippen molar-refractivity contribution in [2.75, 3.05) is 38.2 Å². The molecule has 25 heavy (non-hydrogen) atoms. The van der Waals surface area contributed by atoms with Gasteiger partial charge >= 0.3 is 5.97 Å². The summed E-state index contributed by atoms with van der Waals surface area (Å²) in [6.45, 7) is 2.77. The largest absolute Gasteiger partial charge is 0.497 e. The van der Waals surface area contributed by atoms with E-state index in [1.807, 2.05) is 24.3 Å². The van der Waals surface area contributed by atoms with Crippen LogP contribution in [-0.4, -0.2) is 55.2 Å². The third kappa shape index (κ3) is 3.74. The van der Waals surface area contributed by atoms with Crippen molar-refractivity contribution in [1.82, 2.24) is 4.90 Å². The van der Waals surface area contributed by atoms with E-state index in [1.54, 1.807) is 24.1 Å². The summed E-state index contributed by atoms with van der Waals surface area (Å²) in [5, 5.41) is 8.92. The monoisotopic (exact) mass is 340 g/mol. The topological polar surface area (TPSA) is 70.1 Å². The van der Waals surface area contributed by atoms with Crippen molar-refractivity contribution in [1.29, 1.82) is 0 Å². The molecule has 1 saturated heterocycles. The van der Waals surface area contributed by atoms with Crippen molar-refractivity contribution in [2.24, 2.45) is 0 Å². The molecule has 0 aliphatic carbocycles. The fourth-order valence-electron chi connectivity index (χ4n) is 2.90. The number of carboxylic acid groups (broad SMARTS) is 1. The van der Waals surface area contributed by atoms with Gasteiger partial charge in [-0.15, -0.1) is 0 Å². The zero-order chi connectivity index (χ0) is 17.8. The number of carbonyl (C=O) groups is 2. The molecule has 1 aliphatic rings. The number of aromatic carboxylic acids is 1. The third-order valence-electron chi connectivity index (χ3n) is 4.38. The Bertz CT molecular complexity index is 748. The van der Waals surface area contributed by atoms with E-state index in [0.29, 0.717) is 18.7 Å². The van der Waals surface area contributed by atoms with Gasteiger partial charge in [-0.3, -0.25) is 4.79 Å². The molecule has 6 nitrogen and oxygen atoms in total. The van der Waals surface area contributed by atoms with Crippen LogP contribution < -0.4 is 9.64 Å². The van der Waals surface area contributed by atoms with Crippen molar-refractivity contribution in [2.45, 2.75) is 0 Å². The number of methoxy groups -OCH3 is 1. The molecule has 0 radical (unpaired) electrons. The van der Waals surface area contributed by atoms with Crippen molar-refractivity contribution < 1.29 is 19.4 Å². The molecule has 6 heteroatoms. The van der Waals surface area contributed by atoms with Crippen LogP contribution in [0.15, 0.2) is 48.5 Å². The molecule has 0 unspecified atom stereocenters. The third-order valence-corrected chi connectivity index (χ3v) is 4.38.